The highest BCUT2D eigenvalue weighted by molar-refractivity contribution is 5.93. The number of carboxylic acid groups (broad SMARTS) is 1. The molecule has 2 rings (SSSR count). The molecule has 1 aliphatic carbocycles. The zero-order chi connectivity index (χ0) is 8.55. The average molecular weight is 163 g/mol. The summed E-state index contributed by atoms with van der Waals surface area (Å²) in [6.07, 6.45) is 6.46. The first kappa shape index (κ1) is 7.16. The first-order chi connectivity index (χ1) is 5.79. The zero-order valence-electron chi connectivity index (χ0n) is 6.50. The monoisotopic (exact) mass is 163 g/mol. The quantitative estimate of drug-likeness (QED) is 0.601. The molecule has 0 aromatic carbocycles. The fourth-order valence-electron chi connectivity index (χ4n) is 1.51. The molecule has 0 radical (unpaired) electrons. The van der Waals surface area contributed by atoms with E-state index in [2.05, 4.69) is 5.32 Å². The van der Waals surface area contributed by atoms with E-state index in [1.807, 2.05) is 12.2 Å². The summed E-state index contributed by atoms with van der Waals surface area (Å²) in [5, 5.41) is 11.8. The molecule has 0 atom stereocenters. The molecule has 3 nitrogen and oxygen atoms in total. The molecule has 12 heavy (non-hydrogen) atoms. The molecule has 0 amide bonds. The van der Waals surface area contributed by atoms with Crippen LogP contribution in [0.3, 0.4) is 0 Å². The fraction of sp³-hybridized carbons (Fsp3) is 0.222. The molecule has 0 spiro atoms. The van der Waals surface area contributed by atoms with Crippen molar-refractivity contribution in [2.75, 3.05) is 6.54 Å². The molecule has 62 valence electrons. The number of carboxylic acids is 1. The molecule has 0 bridgehead atoms. The Hall–Kier alpha value is -1.51. The molecule has 0 fully saturated rings. The summed E-state index contributed by atoms with van der Waals surface area (Å²) >= 11 is 0. The Morgan fingerprint density at radius 1 is 1.58 bits per heavy atom. The van der Waals surface area contributed by atoms with Crippen molar-refractivity contribution in [1.29, 1.82) is 0 Å². The number of allylic oxidation sites excluding steroid dienone is 3. The third kappa shape index (κ3) is 0.942. The van der Waals surface area contributed by atoms with Gasteiger partial charge in [0.25, 0.3) is 0 Å². The van der Waals surface area contributed by atoms with Crippen LogP contribution < -0.4 is 5.32 Å². The number of hydrogen-bond donors (Lipinski definition) is 2. The van der Waals surface area contributed by atoms with Gasteiger partial charge in [0.2, 0.25) is 0 Å². The minimum atomic E-state index is -0.845. The maximum atomic E-state index is 10.7. The van der Waals surface area contributed by atoms with Crippen LogP contribution in [0.1, 0.15) is 6.42 Å². The van der Waals surface area contributed by atoms with Gasteiger partial charge in [-0.2, -0.15) is 0 Å². The summed E-state index contributed by atoms with van der Waals surface area (Å²) in [7, 11) is 0. The van der Waals surface area contributed by atoms with Gasteiger partial charge in [-0.15, -0.1) is 0 Å². The number of carbonyl (C=O) groups is 1. The summed E-state index contributed by atoms with van der Waals surface area (Å²) in [6.45, 7) is 0.726. The highest BCUT2D eigenvalue weighted by atomic mass is 16.4. The number of dihydropyridines is 1. The van der Waals surface area contributed by atoms with Gasteiger partial charge in [0.1, 0.15) is 0 Å². The van der Waals surface area contributed by atoms with Crippen LogP contribution in [0.15, 0.2) is 35.1 Å². The van der Waals surface area contributed by atoms with Crippen molar-refractivity contribution in [2.24, 2.45) is 0 Å². The lowest BCUT2D eigenvalue weighted by atomic mass is 10.1. The van der Waals surface area contributed by atoms with Crippen LogP contribution in [0.5, 0.6) is 0 Å². The van der Waals surface area contributed by atoms with Gasteiger partial charge in [0.05, 0.1) is 11.3 Å². The molecular weight excluding hydrogens is 154 g/mol. The Bertz CT molecular complexity index is 323. The molecule has 1 aliphatic heterocycles. The van der Waals surface area contributed by atoms with Crippen LogP contribution in [0.25, 0.3) is 0 Å². The molecule has 0 aromatic heterocycles. The Morgan fingerprint density at radius 2 is 2.42 bits per heavy atom. The van der Waals surface area contributed by atoms with Crippen molar-refractivity contribution in [1.82, 2.24) is 5.32 Å². The Labute approximate surface area is 70.1 Å². The van der Waals surface area contributed by atoms with Gasteiger partial charge in [0.15, 0.2) is 0 Å². The van der Waals surface area contributed by atoms with Crippen LogP contribution in [0.4, 0.5) is 0 Å². The Kier molecular flexibility index (Phi) is 1.50. The van der Waals surface area contributed by atoms with E-state index < -0.39 is 5.97 Å². The fourth-order valence-corrected chi connectivity index (χ4v) is 1.51. The second-order valence-electron chi connectivity index (χ2n) is 2.81. The van der Waals surface area contributed by atoms with Gasteiger partial charge in [-0.3, -0.25) is 0 Å². The number of rotatable bonds is 1. The molecule has 0 aromatic rings. The number of aliphatic carboxylic acids is 1. The molecule has 2 aliphatic rings. The Morgan fingerprint density at radius 3 is 3.17 bits per heavy atom. The zero-order valence-corrected chi connectivity index (χ0v) is 6.50. The second-order valence-corrected chi connectivity index (χ2v) is 2.81. The SMILES string of the molecule is O=C(O)C1=CCC2=C1NCC=C2. The maximum Gasteiger partial charge on any atom is 0.337 e. The summed E-state index contributed by atoms with van der Waals surface area (Å²) in [5.74, 6) is -0.845. The van der Waals surface area contributed by atoms with E-state index in [1.54, 1.807) is 6.08 Å². The van der Waals surface area contributed by atoms with Crippen LogP contribution >= 0.6 is 0 Å². The minimum Gasteiger partial charge on any atom is -0.478 e. The first-order valence-corrected chi connectivity index (χ1v) is 3.86. The largest absolute Gasteiger partial charge is 0.478 e. The normalized spacial score (nSPS) is 20.2. The topological polar surface area (TPSA) is 49.3 Å². The van der Waals surface area contributed by atoms with Crippen LogP contribution in [-0.4, -0.2) is 17.6 Å². The molecular formula is C9H9NO2. The molecule has 3 heteroatoms. The summed E-state index contributed by atoms with van der Waals surface area (Å²) in [6, 6.07) is 0. The minimum absolute atomic E-state index is 0.411. The van der Waals surface area contributed by atoms with Crippen molar-refractivity contribution < 1.29 is 9.90 Å². The average Bonchev–Trinajstić information content (AvgIpc) is 2.47. The maximum absolute atomic E-state index is 10.7. The predicted molar refractivity (Wildman–Crippen MR) is 44.5 cm³/mol. The van der Waals surface area contributed by atoms with Crippen molar-refractivity contribution in [3.8, 4) is 0 Å². The molecule has 1 heterocycles. The summed E-state index contributed by atoms with van der Waals surface area (Å²) in [5.41, 5.74) is 2.29. The molecule has 0 saturated heterocycles. The van der Waals surface area contributed by atoms with Crippen LogP contribution in [0, 0.1) is 0 Å². The van der Waals surface area contributed by atoms with Gasteiger partial charge in [-0.1, -0.05) is 18.2 Å². The predicted octanol–water partition coefficient (Wildman–Crippen LogP) is 0.815. The lowest BCUT2D eigenvalue weighted by Gasteiger charge is -2.12. The smallest absolute Gasteiger partial charge is 0.337 e. The van der Waals surface area contributed by atoms with E-state index in [0.29, 0.717) is 5.57 Å². The summed E-state index contributed by atoms with van der Waals surface area (Å²) < 4.78 is 0. The van der Waals surface area contributed by atoms with Crippen molar-refractivity contribution in [3.63, 3.8) is 0 Å². The van der Waals surface area contributed by atoms with Crippen LogP contribution in [-0.2, 0) is 4.79 Å². The van der Waals surface area contributed by atoms with E-state index in [-0.39, 0.29) is 0 Å². The highest BCUT2D eigenvalue weighted by Gasteiger charge is 2.22. The van der Waals surface area contributed by atoms with Crippen molar-refractivity contribution in [2.45, 2.75) is 6.42 Å². The number of nitrogens with one attached hydrogen (secondary N) is 1. The molecule has 2 N–H and O–H groups in total. The number of hydrogen-bond acceptors (Lipinski definition) is 2. The van der Waals surface area contributed by atoms with Gasteiger partial charge in [0, 0.05) is 6.54 Å². The van der Waals surface area contributed by atoms with E-state index in [4.69, 9.17) is 5.11 Å². The highest BCUT2D eigenvalue weighted by Crippen LogP contribution is 2.26. The third-order valence-electron chi connectivity index (χ3n) is 2.06. The van der Waals surface area contributed by atoms with E-state index in [9.17, 15) is 4.79 Å². The van der Waals surface area contributed by atoms with Gasteiger partial charge >= 0.3 is 5.97 Å². The van der Waals surface area contributed by atoms with Crippen molar-refractivity contribution in [3.05, 3.63) is 35.1 Å². The van der Waals surface area contributed by atoms with Gasteiger partial charge in [-0.05, 0) is 12.0 Å². The lowest BCUT2D eigenvalue weighted by molar-refractivity contribution is -0.132. The van der Waals surface area contributed by atoms with Gasteiger partial charge in [-0.25, -0.2) is 4.79 Å². The summed E-state index contributed by atoms with van der Waals surface area (Å²) in [4.78, 5) is 10.7. The van der Waals surface area contributed by atoms with E-state index >= 15 is 0 Å². The first-order valence-electron chi connectivity index (χ1n) is 3.86. The molecule has 0 unspecified atom stereocenters. The Balaban J connectivity index is 2.36. The second kappa shape index (κ2) is 2.52. The lowest BCUT2D eigenvalue weighted by Crippen LogP contribution is -2.20. The third-order valence-corrected chi connectivity index (χ3v) is 2.06. The van der Waals surface area contributed by atoms with Crippen LogP contribution in [0.2, 0.25) is 0 Å². The van der Waals surface area contributed by atoms with E-state index in [1.165, 1.54) is 0 Å². The van der Waals surface area contributed by atoms with Crippen molar-refractivity contribution >= 4 is 5.97 Å². The van der Waals surface area contributed by atoms with E-state index in [0.717, 1.165) is 24.2 Å². The molecule has 0 saturated carbocycles. The standard InChI is InChI=1S/C9H9NO2/c11-9(12)7-4-3-6-2-1-5-10-8(6)7/h1-2,4,10H,3,5H2,(H,11,12). The van der Waals surface area contributed by atoms with Gasteiger partial charge < -0.3 is 10.4 Å².